The van der Waals surface area contributed by atoms with Crippen molar-refractivity contribution in [2.75, 3.05) is 13.7 Å². The largest absolute Gasteiger partial charge is 0.501 e. The van der Waals surface area contributed by atoms with E-state index in [1.165, 1.54) is 29.7 Å². The Balaban J connectivity index is 1.51. The summed E-state index contributed by atoms with van der Waals surface area (Å²) in [5.74, 6) is 0.485. The molecule has 1 aromatic heterocycles. The molecule has 0 spiro atoms. The van der Waals surface area contributed by atoms with Crippen LogP contribution in [0.3, 0.4) is 0 Å². The topological polar surface area (TPSA) is 109 Å². The molecule has 1 atom stereocenters. The highest BCUT2D eigenvalue weighted by molar-refractivity contribution is 8.04. The molecule has 4 amide bonds. The normalized spacial score (nSPS) is 17.4. The van der Waals surface area contributed by atoms with Gasteiger partial charge in [0.1, 0.15) is 36.6 Å². The molecule has 1 N–H and O–H groups in total. The molecule has 10 heteroatoms. The highest BCUT2D eigenvalue weighted by Gasteiger charge is 2.49. The van der Waals surface area contributed by atoms with Crippen molar-refractivity contribution in [3.05, 3.63) is 65.0 Å². The number of rotatable bonds is 9. The van der Waals surface area contributed by atoms with E-state index in [0.717, 1.165) is 11.2 Å². The molecule has 0 aliphatic carbocycles. The molecule has 9 nitrogen and oxygen atoms in total. The molecule has 3 heterocycles. The van der Waals surface area contributed by atoms with E-state index in [2.05, 4.69) is 5.32 Å². The summed E-state index contributed by atoms with van der Waals surface area (Å²) in [6.45, 7) is 0.302. The minimum absolute atomic E-state index is 0.0316. The molecule has 33 heavy (non-hydrogen) atoms. The Labute approximate surface area is 194 Å². The summed E-state index contributed by atoms with van der Waals surface area (Å²) >= 11 is 1.31. The summed E-state index contributed by atoms with van der Waals surface area (Å²) in [6, 6.07) is 7.90. The highest BCUT2D eigenvalue weighted by Crippen LogP contribution is 2.29. The van der Waals surface area contributed by atoms with Gasteiger partial charge in [-0.2, -0.15) is 14.3 Å². The Morgan fingerprint density at radius 1 is 1.33 bits per heavy atom. The maximum Gasteiger partial charge on any atom is 0.501 e. The quantitative estimate of drug-likeness (QED) is 0.444. The van der Waals surface area contributed by atoms with Crippen LogP contribution in [0.5, 0.6) is 5.75 Å². The van der Waals surface area contributed by atoms with Crippen molar-refractivity contribution in [1.29, 1.82) is 0 Å². The lowest BCUT2D eigenvalue weighted by Crippen LogP contribution is -2.55. The number of thioether (sulfide) groups is 1. The van der Waals surface area contributed by atoms with Gasteiger partial charge in [0.25, 0.3) is 0 Å². The van der Waals surface area contributed by atoms with Gasteiger partial charge in [0.15, 0.2) is 5.25 Å². The summed E-state index contributed by atoms with van der Waals surface area (Å²) in [4.78, 5) is 50.9. The van der Waals surface area contributed by atoms with Crippen molar-refractivity contribution in [1.82, 2.24) is 10.2 Å². The van der Waals surface area contributed by atoms with E-state index in [1.807, 2.05) is 0 Å². The van der Waals surface area contributed by atoms with Crippen LogP contribution in [-0.2, 0) is 22.7 Å². The molecule has 4 rings (SSSR count). The molecule has 1 aromatic carbocycles. The molecule has 0 saturated heterocycles. The fourth-order valence-electron chi connectivity index (χ4n) is 3.68. The van der Waals surface area contributed by atoms with Gasteiger partial charge in [-0.15, -0.1) is 11.8 Å². The van der Waals surface area contributed by atoms with Gasteiger partial charge < -0.3 is 14.5 Å². The molecule has 0 saturated carbocycles. The van der Waals surface area contributed by atoms with Crippen molar-refractivity contribution in [2.24, 2.45) is 0 Å². The lowest BCUT2D eigenvalue weighted by molar-refractivity contribution is -0.454. The number of fused-ring (bicyclic) bond motifs is 1. The number of hydrogen-bond donors (Lipinski definition) is 1. The number of amides is 4. The van der Waals surface area contributed by atoms with Crippen molar-refractivity contribution >= 4 is 41.6 Å². The molecule has 2 aliphatic rings. The second kappa shape index (κ2) is 9.86. The van der Waals surface area contributed by atoms with Crippen molar-refractivity contribution < 1.29 is 32.9 Å². The van der Waals surface area contributed by atoms with E-state index in [9.17, 15) is 19.2 Å². The number of furan rings is 1. The number of nitrogens with one attached hydrogen (secondary N) is 1. The fourth-order valence-corrected chi connectivity index (χ4v) is 4.65. The summed E-state index contributed by atoms with van der Waals surface area (Å²) in [6.07, 6.45) is 3.95. The number of methoxy groups -OCH3 is 1. The number of carbonyl (C=O) groups is 4. The average Bonchev–Trinajstić information content (AvgIpc) is 3.52. The zero-order chi connectivity index (χ0) is 23.4. The number of carbonyl (C=O) groups excluding carboxylic acids is 4. The SMILES string of the molecule is COc1ccc(C=O)cc1C[N+]1=C2C=CSC2C(=O)N(CCC(=O)NCc2ccco2)C1=O. The van der Waals surface area contributed by atoms with Crippen molar-refractivity contribution in [3.8, 4) is 5.75 Å². The Kier molecular flexibility index (Phi) is 6.74. The number of urea groups is 1. The third kappa shape index (κ3) is 4.75. The van der Waals surface area contributed by atoms with E-state index in [4.69, 9.17) is 9.15 Å². The molecule has 170 valence electrons. The van der Waals surface area contributed by atoms with Crippen LogP contribution in [0.1, 0.15) is 28.1 Å². The van der Waals surface area contributed by atoms with E-state index < -0.39 is 11.3 Å². The number of benzene rings is 1. The molecule has 2 aliphatic heterocycles. The van der Waals surface area contributed by atoms with E-state index in [0.29, 0.717) is 28.3 Å². The third-order valence-corrected chi connectivity index (χ3v) is 6.37. The molecule has 0 bridgehead atoms. The van der Waals surface area contributed by atoms with Crippen LogP contribution in [0.2, 0.25) is 0 Å². The van der Waals surface area contributed by atoms with Gasteiger partial charge in [-0.05, 0) is 41.8 Å². The Hall–Kier alpha value is -3.66. The standard InChI is InChI=1S/C23H21N3O6S/c1-31-19-5-4-15(14-27)11-16(19)13-26-18-7-10-33-21(18)22(29)25(23(26)30)8-6-20(28)24-12-17-3-2-9-32-17/h2-5,7,9-11,14,21H,6,8,12-13H2,1H3/p+1. The van der Waals surface area contributed by atoms with Gasteiger partial charge in [-0.1, -0.05) is 0 Å². The fraction of sp³-hybridized carbons (Fsp3) is 0.261. The van der Waals surface area contributed by atoms with E-state index in [1.54, 1.807) is 41.8 Å². The van der Waals surface area contributed by atoms with Crippen LogP contribution in [-0.4, -0.2) is 58.2 Å². The summed E-state index contributed by atoms with van der Waals surface area (Å²) < 4.78 is 12.1. The number of nitrogens with zero attached hydrogens (tertiary/aromatic N) is 2. The molecule has 1 unspecified atom stereocenters. The predicted molar refractivity (Wildman–Crippen MR) is 120 cm³/mol. The number of aldehydes is 1. The first-order valence-electron chi connectivity index (χ1n) is 10.2. The van der Waals surface area contributed by atoms with Crippen LogP contribution in [0.4, 0.5) is 4.79 Å². The summed E-state index contributed by atoms with van der Waals surface area (Å²) in [5.41, 5.74) is 1.67. The van der Waals surface area contributed by atoms with Gasteiger partial charge in [-0.25, -0.2) is 4.79 Å². The lowest BCUT2D eigenvalue weighted by atomic mass is 10.1. The highest BCUT2D eigenvalue weighted by atomic mass is 32.2. The summed E-state index contributed by atoms with van der Waals surface area (Å²) in [5, 5.41) is 3.93. The second-order valence-corrected chi connectivity index (χ2v) is 8.41. The van der Waals surface area contributed by atoms with Gasteiger partial charge in [-0.3, -0.25) is 9.59 Å². The molecular weight excluding hydrogens is 446 g/mol. The maximum atomic E-state index is 13.3. The maximum absolute atomic E-state index is 13.3. The van der Waals surface area contributed by atoms with E-state index >= 15 is 0 Å². The van der Waals surface area contributed by atoms with Crippen molar-refractivity contribution in [3.63, 3.8) is 0 Å². The van der Waals surface area contributed by atoms with Crippen LogP contribution in [0, 0.1) is 0 Å². The first-order chi connectivity index (χ1) is 16.0. The number of allylic oxidation sites excluding steroid dienone is 1. The minimum Gasteiger partial charge on any atom is -0.496 e. The first kappa shape index (κ1) is 22.5. The molecule has 2 aromatic rings. The Morgan fingerprint density at radius 2 is 2.18 bits per heavy atom. The first-order valence-corrected chi connectivity index (χ1v) is 11.2. The molecule has 0 radical (unpaired) electrons. The monoisotopic (exact) mass is 468 g/mol. The zero-order valence-corrected chi connectivity index (χ0v) is 18.7. The number of imide groups is 1. The van der Waals surface area contributed by atoms with Crippen molar-refractivity contribution in [2.45, 2.75) is 24.8 Å². The van der Waals surface area contributed by atoms with E-state index in [-0.39, 0.29) is 37.9 Å². The van der Waals surface area contributed by atoms with Gasteiger partial charge in [0.2, 0.25) is 5.91 Å². The second-order valence-electron chi connectivity index (χ2n) is 7.40. The van der Waals surface area contributed by atoms with Crippen LogP contribution >= 0.6 is 11.8 Å². The average molecular weight is 469 g/mol. The Morgan fingerprint density at radius 3 is 2.91 bits per heavy atom. The smallest absolute Gasteiger partial charge is 0.496 e. The lowest BCUT2D eigenvalue weighted by Gasteiger charge is -2.24. The van der Waals surface area contributed by atoms with Crippen LogP contribution < -0.4 is 10.1 Å². The van der Waals surface area contributed by atoms with Gasteiger partial charge in [0, 0.05) is 11.1 Å². The zero-order valence-electron chi connectivity index (χ0n) is 17.9. The number of hydrogen-bond acceptors (Lipinski definition) is 7. The molecular formula is C23H22N3O6S+. The number of ether oxygens (including phenoxy) is 1. The Bertz CT molecular complexity index is 1150. The van der Waals surface area contributed by atoms with Crippen LogP contribution in [0.15, 0.2) is 52.5 Å². The molecule has 0 fully saturated rings. The van der Waals surface area contributed by atoms with Gasteiger partial charge in [0.05, 0.1) is 26.3 Å². The van der Waals surface area contributed by atoms with Gasteiger partial charge >= 0.3 is 11.9 Å². The minimum atomic E-state index is -0.561. The third-order valence-electron chi connectivity index (χ3n) is 5.36. The predicted octanol–water partition coefficient (Wildman–Crippen LogP) is 2.35. The van der Waals surface area contributed by atoms with Crippen LogP contribution in [0.25, 0.3) is 0 Å². The summed E-state index contributed by atoms with van der Waals surface area (Å²) in [7, 11) is 1.51.